The SMILES string of the molecule is CC(=O)Nc1ccc(S(=O)(=O)N2CCOC(c3ccccc3Cl)C2)cc1. The summed E-state index contributed by atoms with van der Waals surface area (Å²) in [7, 11) is -3.66. The first-order valence-electron chi connectivity index (χ1n) is 8.12. The highest BCUT2D eigenvalue weighted by atomic mass is 35.5. The zero-order valence-corrected chi connectivity index (χ0v) is 15.8. The largest absolute Gasteiger partial charge is 0.371 e. The van der Waals surface area contributed by atoms with Crippen molar-refractivity contribution in [3.63, 3.8) is 0 Å². The fourth-order valence-electron chi connectivity index (χ4n) is 2.83. The van der Waals surface area contributed by atoms with Gasteiger partial charge in [0.05, 0.1) is 17.6 Å². The average molecular weight is 395 g/mol. The van der Waals surface area contributed by atoms with Crippen LogP contribution in [0.3, 0.4) is 0 Å². The zero-order chi connectivity index (χ0) is 18.7. The minimum absolute atomic E-state index is 0.173. The van der Waals surface area contributed by atoms with E-state index in [1.807, 2.05) is 18.2 Å². The van der Waals surface area contributed by atoms with Gasteiger partial charge in [-0.1, -0.05) is 29.8 Å². The van der Waals surface area contributed by atoms with Crippen LogP contribution < -0.4 is 5.32 Å². The summed E-state index contributed by atoms with van der Waals surface area (Å²) < 4.78 is 33.0. The smallest absolute Gasteiger partial charge is 0.243 e. The van der Waals surface area contributed by atoms with E-state index in [-0.39, 0.29) is 23.9 Å². The van der Waals surface area contributed by atoms with E-state index in [1.165, 1.54) is 23.4 Å². The number of carbonyl (C=O) groups excluding carboxylic acids is 1. The lowest BCUT2D eigenvalue weighted by molar-refractivity contribution is -0.114. The van der Waals surface area contributed by atoms with Gasteiger partial charge in [0.25, 0.3) is 0 Å². The number of rotatable bonds is 4. The van der Waals surface area contributed by atoms with Crippen molar-refractivity contribution in [3.05, 3.63) is 59.1 Å². The van der Waals surface area contributed by atoms with Gasteiger partial charge >= 0.3 is 0 Å². The number of carbonyl (C=O) groups is 1. The molecule has 0 radical (unpaired) electrons. The van der Waals surface area contributed by atoms with Gasteiger partial charge in [-0.05, 0) is 30.3 Å². The molecule has 1 saturated heterocycles. The van der Waals surface area contributed by atoms with Gasteiger partial charge in [-0.2, -0.15) is 4.31 Å². The molecule has 6 nitrogen and oxygen atoms in total. The van der Waals surface area contributed by atoms with E-state index < -0.39 is 16.1 Å². The van der Waals surface area contributed by atoms with Gasteiger partial charge in [0.15, 0.2) is 0 Å². The van der Waals surface area contributed by atoms with Crippen molar-refractivity contribution < 1.29 is 17.9 Å². The van der Waals surface area contributed by atoms with Crippen molar-refractivity contribution in [3.8, 4) is 0 Å². The predicted octanol–water partition coefficient (Wildman–Crippen LogP) is 3.06. The third-order valence-electron chi connectivity index (χ3n) is 4.09. The number of ether oxygens (including phenoxy) is 1. The lowest BCUT2D eigenvalue weighted by Gasteiger charge is -2.32. The lowest BCUT2D eigenvalue weighted by atomic mass is 10.1. The summed E-state index contributed by atoms with van der Waals surface area (Å²) in [5.41, 5.74) is 1.32. The molecule has 1 heterocycles. The second-order valence-corrected chi connectivity index (χ2v) is 8.29. The molecule has 26 heavy (non-hydrogen) atoms. The van der Waals surface area contributed by atoms with Gasteiger partial charge in [-0.15, -0.1) is 0 Å². The number of hydrogen-bond donors (Lipinski definition) is 1. The van der Waals surface area contributed by atoms with E-state index in [0.717, 1.165) is 5.56 Å². The predicted molar refractivity (Wildman–Crippen MR) is 99.6 cm³/mol. The van der Waals surface area contributed by atoms with Crippen LogP contribution in [0.5, 0.6) is 0 Å². The van der Waals surface area contributed by atoms with E-state index in [0.29, 0.717) is 17.3 Å². The molecule has 1 N–H and O–H groups in total. The van der Waals surface area contributed by atoms with Gasteiger partial charge in [0.1, 0.15) is 0 Å². The molecule has 1 aliphatic rings. The van der Waals surface area contributed by atoms with Gasteiger partial charge in [0, 0.05) is 36.3 Å². The van der Waals surface area contributed by atoms with Gasteiger partial charge in [-0.3, -0.25) is 4.79 Å². The number of amides is 1. The molecule has 0 spiro atoms. The van der Waals surface area contributed by atoms with Crippen LogP contribution in [0.15, 0.2) is 53.4 Å². The highest BCUT2D eigenvalue weighted by molar-refractivity contribution is 7.89. The number of benzene rings is 2. The molecule has 0 bridgehead atoms. The Labute approximate surface area is 157 Å². The number of sulfonamides is 1. The molecule has 1 unspecified atom stereocenters. The summed E-state index contributed by atoms with van der Waals surface area (Å²) in [5, 5.41) is 3.17. The van der Waals surface area contributed by atoms with E-state index in [4.69, 9.17) is 16.3 Å². The summed E-state index contributed by atoms with van der Waals surface area (Å²) in [6, 6.07) is 13.4. The standard InChI is InChI=1S/C18H19ClN2O4S/c1-13(22)20-14-6-8-15(9-7-14)26(23,24)21-10-11-25-18(12-21)16-4-2-3-5-17(16)19/h2-9,18H,10-12H2,1H3,(H,20,22). The van der Waals surface area contributed by atoms with E-state index in [9.17, 15) is 13.2 Å². The fourth-order valence-corrected chi connectivity index (χ4v) is 4.51. The average Bonchev–Trinajstić information content (AvgIpc) is 2.62. The monoisotopic (exact) mass is 394 g/mol. The Bertz CT molecular complexity index is 900. The quantitative estimate of drug-likeness (QED) is 0.864. The van der Waals surface area contributed by atoms with Crippen molar-refractivity contribution in [1.29, 1.82) is 0 Å². The topological polar surface area (TPSA) is 75.7 Å². The Kier molecular flexibility index (Phi) is 5.62. The molecule has 3 rings (SSSR count). The maximum Gasteiger partial charge on any atom is 0.243 e. The Balaban J connectivity index is 1.80. The van der Waals surface area contributed by atoms with Crippen LogP contribution in [0.2, 0.25) is 5.02 Å². The van der Waals surface area contributed by atoms with Crippen LogP contribution in [0, 0.1) is 0 Å². The number of morpholine rings is 1. The fraction of sp³-hybridized carbons (Fsp3) is 0.278. The van der Waals surface area contributed by atoms with Crippen molar-refractivity contribution in [2.24, 2.45) is 0 Å². The van der Waals surface area contributed by atoms with Crippen molar-refractivity contribution >= 4 is 33.2 Å². The number of nitrogens with zero attached hydrogens (tertiary/aromatic N) is 1. The lowest BCUT2D eigenvalue weighted by Crippen LogP contribution is -2.42. The molecule has 0 aliphatic carbocycles. The molecule has 0 aromatic heterocycles. The van der Waals surface area contributed by atoms with E-state index in [2.05, 4.69) is 5.32 Å². The number of nitrogens with one attached hydrogen (secondary N) is 1. The van der Waals surface area contributed by atoms with E-state index >= 15 is 0 Å². The van der Waals surface area contributed by atoms with Crippen LogP contribution in [-0.4, -0.2) is 38.3 Å². The van der Waals surface area contributed by atoms with Gasteiger partial charge in [-0.25, -0.2) is 8.42 Å². The first-order chi connectivity index (χ1) is 12.4. The molecular weight excluding hydrogens is 376 g/mol. The van der Waals surface area contributed by atoms with E-state index in [1.54, 1.807) is 18.2 Å². The Morgan fingerprint density at radius 3 is 2.54 bits per heavy atom. The van der Waals surface area contributed by atoms with Gasteiger partial charge in [0.2, 0.25) is 15.9 Å². The summed E-state index contributed by atoms with van der Waals surface area (Å²) in [6.07, 6.45) is -0.411. The summed E-state index contributed by atoms with van der Waals surface area (Å²) in [6.45, 7) is 2.16. The van der Waals surface area contributed by atoms with Crippen LogP contribution in [-0.2, 0) is 19.6 Å². The number of hydrogen-bond acceptors (Lipinski definition) is 4. The summed E-state index contributed by atoms with van der Waals surface area (Å²) in [4.78, 5) is 11.3. The normalized spacial score (nSPS) is 18.5. The maximum absolute atomic E-state index is 12.9. The molecule has 1 atom stereocenters. The minimum Gasteiger partial charge on any atom is -0.371 e. The summed E-state index contributed by atoms with van der Waals surface area (Å²) >= 11 is 6.21. The van der Waals surface area contributed by atoms with Crippen LogP contribution in [0.25, 0.3) is 0 Å². The second kappa shape index (κ2) is 7.75. The third-order valence-corrected chi connectivity index (χ3v) is 6.32. The Morgan fingerprint density at radius 1 is 1.19 bits per heavy atom. The highest BCUT2D eigenvalue weighted by Gasteiger charge is 2.32. The van der Waals surface area contributed by atoms with Crippen LogP contribution in [0.4, 0.5) is 5.69 Å². The van der Waals surface area contributed by atoms with Crippen LogP contribution >= 0.6 is 11.6 Å². The molecule has 2 aromatic rings. The Hall–Kier alpha value is -1.93. The van der Waals surface area contributed by atoms with Crippen molar-refractivity contribution in [1.82, 2.24) is 4.31 Å². The first-order valence-corrected chi connectivity index (χ1v) is 9.93. The Morgan fingerprint density at radius 2 is 1.88 bits per heavy atom. The molecule has 2 aromatic carbocycles. The molecule has 1 amide bonds. The van der Waals surface area contributed by atoms with Crippen molar-refractivity contribution in [2.45, 2.75) is 17.9 Å². The zero-order valence-electron chi connectivity index (χ0n) is 14.2. The molecular formula is C18H19ClN2O4S. The maximum atomic E-state index is 12.9. The first kappa shape index (κ1) is 18.8. The minimum atomic E-state index is -3.66. The van der Waals surface area contributed by atoms with Crippen LogP contribution in [0.1, 0.15) is 18.6 Å². The molecule has 8 heteroatoms. The van der Waals surface area contributed by atoms with Gasteiger partial charge < -0.3 is 10.1 Å². The summed E-state index contributed by atoms with van der Waals surface area (Å²) in [5.74, 6) is -0.212. The number of anilines is 1. The third kappa shape index (κ3) is 4.07. The van der Waals surface area contributed by atoms with Crippen molar-refractivity contribution in [2.75, 3.05) is 25.0 Å². The molecule has 1 fully saturated rings. The molecule has 138 valence electrons. The molecule has 1 aliphatic heterocycles. The highest BCUT2D eigenvalue weighted by Crippen LogP contribution is 2.30. The molecule has 0 saturated carbocycles. The number of halogens is 1. The second-order valence-electron chi connectivity index (χ2n) is 5.95.